The zero-order valence-corrected chi connectivity index (χ0v) is 17.0. The van der Waals surface area contributed by atoms with Crippen molar-refractivity contribution >= 4 is 29.4 Å². The van der Waals surface area contributed by atoms with Crippen LogP contribution in [0.25, 0.3) is 22.4 Å². The molecule has 3 aromatic rings. The largest absolute Gasteiger partial charge is 0.335 e. The van der Waals surface area contributed by atoms with Crippen molar-refractivity contribution in [2.45, 2.75) is 39.2 Å². The smallest absolute Gasteiger partial charge is 0.259 e. The predicted octanol–water partition coefficient (Wildman–Crippen LogP) is 3.88. The van der Waals surface area contributed by atoms with Gasteiger partial charge < -0.3 is 15.2 Å². The Balaban J connectivity index is 0.00000225. The summed E-state index contributed by atoms with van der Waals surface area (Å²) in [6.07, 6.45) is 3.06. The van der Waals surface area contributed by atoms with Crippen LogP contribution in [0.2, 0.25) is 0 Å². The van der Waals surface area contributed by atoms with Gasteiger partial charge in [0.1, 0.15) is 0 Å². The highest BCUT2D eigenvalue weighted by Crippen LogP contribution is 2.29. The molecule has 0 spiro atoms. The number of amides is 1. The fraction of sp³-hybridized carbons (Fsp3) is 0.381. The first kappa shape index (κ1) is 20.3. The predicted molar refractivity (Wildman–Crippen MR) is 112 cm³/mol. The monoisotopic (exact) mass is 400 g/mol. The zero-order valence-electron chi connectivity index (χ0n) is 16.1. The molecule has 1 atom stereocenters. The van der Waals surface area contributed by atoms with Gasteiger partial charge in [0, 0.05) is 24.7 Å². The average molecular weight is 401 g/mol. The highest BCUT2D eigenvalue weighted by atomic mass is 35.5. The Morgan fingerprint density at radius 2 is 2.00 bits per heavy atom. The van der Waals surface area contributed by atoms with E-state index >= 15 is 0 Å². The Kier molecular flexibility index (Phi) is 6.01. The van der Waals surface area contributed by atoms with Gasteiger partial charge in [0.15, 0.2) is 0 Å². The number of carbonyl (C=O) groups excluding carboxylic acids is 1. The molecule has 6 nitrogen and oxygen atoms in total. The van der Waals surface area contributed by atoms with Gasteiger partial charge in [0.2, 0.25) is 0 Å². The molecule has 7 heteroatoms. The van der Waals surface area contributed by atoms with Crippen LogP contribution in [0.3, 0.4) is 0 Å². The van der Waals surface area contributed by atoms with Crippen molar-refractivity contribution in [3.63, 3.8) is 0 Å². The van der Waals surface area contributed by atoms with Gasteiger partial charge in [0.05, 0.1) is 22.3 Å². The lowest BCUT2D eigenvalue weighted by Crippen LogP contribution is -2.47. The Hall–Kier alpha value is -2.44. The summed E-state index contributed by atoms with van der Waals surface area (Å²) in [7, 11) is 0. The molecule has 0 saturated carbocycles. The maximum Gasteiger partial charge on any atom is 0.259 e. The van der Waals surface area contributed by atoms with Crippen molar-refractivity contribution in [2.24, 2.45) is 5.73 Å². The normalized spacial score (nSPS) is 16.8. The quantitative estimate of drug-likeness (QED) is 0.721. The first-order chi connectivity index (χ1) is 13.1. The number of nitrogens with zero attached hydrogens (tertiary/aromatic N) is 3. The van der Waals surface area contributed by atoms with E-state index in [-0.39, 0.29) is 24.4 Å². The molecule has 28 heavy (non-hydrogen) atoms. The number of hydrogen-bond donors (Lipinski definition) is 1. The minimum Gasteiger partial charge on any atom is -0.335 e. The van der Waals surface area contributed by atoms with Gasteiger partial charge in [0.25, 0.3) is 11.6 Å². The summed E-state index contributed by atoms with van der Waals surface area (Å²) in [5.41, 5.74) is 10.4. The summed E-state index contributed by atoms with van der Waals surface area (Å²) in [5.74, 6) is -0.0165. The van der Waals surface area contributed by atoms with Crippen LogP contribution in [-0.2, 0) is 0 Å². The van der Waals surface area contributed by atoms with Gasteiger partial charge in [-0.05, 0) is 39.2 Å². The number of aryl methyl sites for hydroxylation is 2. The fourth-order valence-electron chi connectivity index (χ4n) is 3.80. The third kappa shape index (κ3) is 3.62. The second-order valence-corrected chi connectivity index (χ2v) is 7.25. The van der Waals surface area contributed by atoms with Crippen molar-refractivity contribution in [3.8, 4) is 11.3 Å². The molecule has 1 amide bonds. The number of pyridine rings is 1. The number of halogens is 1. The molecule has 1 aliphatic rings. The maximum absolute atomic E-state index is 13.4. The molecule has 3 heterocycles. The van der Waals surface area contributed by atoms with Crippen LogP contribution in [0, 0.1) is 13.8 Å². The number of fused-ring (bicyclic) bond motifs is 1. The van der Waals surface area contributed by atoms with Crippen molar-refractivity contribution in [1.82, 2.24) is 15.0 Å². The van der Waals surface area contributed by atoms with Crippen LogP contribution in [0.5, 0.6) is 0 Å². The van der Waals surface area contributed by atoms with Gasteiger partial charge in [-0.3, -0.25) is 4.79 Å². The van der Waals surface area contributed by atoms with Crippen LogP contribution in [-0.4, -0.2) is 40.1 Å². The molecule has 0 bridgehead atoms. The Morgan fingerprint density at radius 1 is 1.25 bits per heavy atom. The van der Waals surface area contributed by atoms with E-state index in [2.05, 4.69) is 10.1 Å². The maximum atomic E-state index is 13.4. The lowest BCUT2D eigenvalue weighted by Gasteiger charge is -2.35. The third-order valence-corrected chi connectivity index (χ3v) is 5.35. The van der Waals surface area contributed by atoms with Crippen LogP contribution >= 0.6 is 12.4 Å². The molecule has 1 unspecified atom stereocenters. The molecule has 1 aliphatic heterocycles. The van der Waals surface area contributed by atoms with Crippen molar-refractivity contribution in [2.75, 3.05) is 13.1 Å². The molecule has 1 saturated heterocycles. The van der Waals surface area contributed by atoms with Gasteiger partial charge in [-0.1, -0.05) is 35.0 Å². The summed E-state index contributed by atoms with van der Waals surface area (Å²) < 4.78 is 5.41. The molecule has 148 valence electrons. The SMILES string of the molecule is Cc1ccc(-c2cc(C(=O)N3CCCCC3CN)c3c(C)noc3n2)cc1.Cl. The summed E-state index contributed by atoms with van der Waals surface area (Å²) in [6, 6.07) is 10.0. The number of piperidine rings is 1. The van der Waals surface area contributed by atoms with E-state index in [1.807, 2.05) is 49.1 Å². The van der Waals surface area contributed by atoms with E-state index in [1.165, 1.54) is 5.56 Å². The van der Waals surface area contributed by atoms with Crippen molar-refractivity contribution in [3.05, 3.63) is 47.2 Å². The Bertz CT molecular complexity index is 984. The van der Waals surface area contributed by atoms with E-state index in [4.69, 9.17) is 10.3 Å². The summed E-state index contributed by atoms with van der Waals surface area (Å²) in [4.78, 5) is 19.9. The van der Waals surface area contributed by atoms with Gasteiger partial charge in [-0.2, -0.15) is 0 Å². The molecular formula is C21H25ClN4O2. The van der Waals surface area contributed by atoms with Crippen LogP contribution < -0.4 is 5.73 Å². The summed E-state index contributed by atoms with van der Waals surface area (Å²) >= 11 is 0. The summed E-state index contributed by atoms with van der Waals surface area (Å²) in [5, 5.41) is 4.73. The molecule has 2 N–H and O–H groups in total. The minimum atomic E-state index is -0.0165. The molecule has 2 aromatic heterocycles. The zero-order chi connectivity index (χ0) is 19.0. The molecule has 1 aromatic carbocycles. The number of aromatic nitrogens is 2. The van der Waals surface area contributed by atoms with Crippen LogP contribution in [0.4, 0.5) is 0 Å². The Morgan fingerprint density at radius 3 is 2.71 bits per heavy atom. The lowest BCUT2D eigenvalue weighted by molar-refractivity contribution is 0.0625. The van der Waals surface area contributed by atoms with E-state index in [0.717, 1.165) is 31.4 Å². The standard InChI is InChI=1S/C21H24N4O2.ClH/c1-13-6-8-15(9-7-13)18-11-17(19-14(2)24-27-20(19)23-18)21(26)25-10-4-3-5-16(25)12-22;/h6-9,11,16H,3-5,10,12,22H2,1-2H3;1H. The number of hydrogen-bond acceptors (Lipinski definition) is 5. The average Bonchev–Trinajstić information content (AvgIpc) is 3.08. The molecular weight excluding hydrogens is 376 g/mol. The van der Waals surface area contributed by atoms with Crippen molar-refractivity contribution in [1.29, 1.82) is 0 Å². The fourth-order valence-corrected chi connectivity index (χ4v) is 3.80. The molecule has 0 aliphatic carbocycles. The molecule has 0 radical (unpaired) electrons. The van der Waals surface area contributed by atoms with Crippen molar-refractivity contribution < 1.29 is 9.32 Å². The number of likely N-dealkylation sites (tertiary alicyclic amines) is 1. The minimum absolute atomic E-state index is 0. The van der Waals surface area contributed by atoms with E-state index < -0.39 is 0 Å². The van der Waals surface area contributed by atoms with Crippen LogP contribution in [0.15, 0.2) is 34.9 Å². The molecule has 1 fully saturated rings. The van der Waals surface area contributed by atoms with Gasteiger partial charge in [-0.25, -0.2) is 4.98 Å². The van der Waals surface area contributed by atoms with E-state index in [1.54, 1.807) is 0 Å². The highest BCUT2D eigenvalue weighted by Gasteiger charge is 2.29. The first-order valence-electron chi connectivity index (χ1n) is 9.43. The first-order valence-corrected chi connectivity index (χ1v) is 9.43. The second kappa shape index (κ2) is 8.29. The molecule has 4 rings (SSSR count). The third-order valence-electron chi connectivity index (χ3n) is 5.35. The van der Waals surface area contributed by atoms with Gasteiger partial charge >= 0.3 is 0 Å². The second-order valence-electron chi connectivity index (χ2n) is 7.25. The highest BCUT2D eigenvalue weighted by molar-refractivity contribution is 6.07. The number of nitrogens with two attached hydrogens (primary N) is 1. The van der Waals surface area contributed by atoms with E-state index in [0.29, 0.717) is 34.6 Å². The Labute approximate surface area is 170 Å². The number of benzene rings is 1. The lowest BCUT2D eigenvalue weighted by atomic mass is 9.99. The number of rotatable bonds is 3. The summed E-state index contributed by atoms with van der Waals surface area (Å²) in [6.45, 7) is 5.09. The van der Waals surface area contributed by atoms with E-state index in [9.17, 15) is 4.79 Å². The van der Waals surface area contributed by atoms with Gasteiger partial charge in [-0.15, -0.1) is 12.4 Å². The number of carbonyl (C=O) groups is 1. The topological polar surface area (TPSA) is 85.2 Å². The van der Waals surface area contributed by atoms with Crippen LogP contribution in [0.1, 0.15) is 40.9 Å².